The number of methoxy groups -OCH3 is 2. The molecule has 1 saturated carbocycles. The highest BCUT2D eigenvalue weighted by Gasteiger charge is 2.59. The molecule has 0 radical (unpaired) electrons. The summed E-state index contributed by atoms with van der Waals surface area (Å²) in [6.45, 7) is 0. The van der Waals surface area contributed by atoms with Gasteiger partial charge >= 0.3 is 11.9 Å². The van der Waals surface area contributed by atoms with Crippen LogP contribution in [-0.4, -0.2) is 26.2 Å². The highest BCUT2D eigenvalue weighted by Crippen LogP contribution is 2.54. The highest BCUT2D eigenvalue weighted by atomic mass is 16.5. The molecule has 0 aromatic carbocycles. The Bertz CT molecular complexity index is 277. The summed E-state index contributed by atoms with van der Waals surface area (Å²) in [5.74, 6) is -0.917. The van der Waals surface area contributed by atoms with Crippen LogP contribution in [0.15, 0.2) is 12.2 Å². The van der Waals surface area contributed by atoms with Crippen LogP contribution in [0.5, 0.6) is 0 Å². The number of ether oxygens (including phenoxy) is 2. The minimum Gasteiger partial charge on any atom is -0.469 e. The second kappa shape index (κ2) is 3.12. The summed E-state index contributed by atoms with van der Waals surface area (Å²) in [5.41, 5.74) is 0. The Hall–Kier alpha value is -1.32. The third-order valence-electron chi connectivity index (χ3n) is 3.16. The van der Waals surface area contributed by atoms with Crippen molar-refractivity contribution in [2.24, 2.45) is 23.7 Å². The summed E-state index contributed by atoms with van der Waals surface area (Å²) in [7, 11) is 2.68. The van der Waals surface area contributed by atoms with Gasteiger partial charge in [0.2, 0.25) is 0 Å². The van der Waals surface area contributed by atoms with Crippen LogP contribution in [0.4, 0.5) is 0 Å². The number of carbonyl (C=O) groups is 2. The zero-order valence-electron chi connectivity index (χ0n) is 8.10. The van der Waals surface area contributed by atoms with Gasteiger partial charge in [-0.15, -0.1) is 0 Å². The van der Waals surface area contributed by atoms with Crippen molar-refractivity contribution in [1.82, 2.24) is 0 Å². The molecule has 14 heavy (non-hydrogen) atoms. The summed E-state index contributed by atoms with van der Waals surface area (Å²) >= 11 is 0. The predicted molar refractivity (Wildman–Crippen MR) is 47.1 cm³/mol. The van der Waals surface area contributed by atoms with Gasteiger partial charge in [0.25, 0.3) is 0 Å². The normalized spacial score (nSPS) is 37.6. The first kappa shape index (κ1) is 9.24. The van der Waals surface area contributed by atoms with Crippen molar-refractivity contribution in [3.8, 4) is 0 Å². The number of hydrogen-bond acceptors (Lipinski definition) is 4. The molecule has 0 spiro atoms. The number of carbonyl (C=O) groups excluding carboxylic acids is 2. The molecule has 2 aliphatic carbocycles. The largest absolute Gasteiger partial charge is 0.469 e. The SMILES string of the molecule is COC(=O)C1C2C=CC2C1C(=O)OC. The van der Waals surface area contributed by atoms with Crippen molar-refractivity contribution in [2.45, 2.75) is 0 Å². The molecule has 4 heteroatoms. The molecule has 4 unspecified atom stereocenters. The topological polar surface area (TPSA) is 52.6 Å². The van der Waals surface area contributed by atoms with E-state index < -0.39 is 0 Å². The number of rotatable bonds is 2. The lowest BCUT2D eigenvalue weighted by molar-refractivity contribution is -0.174. The van der Waals surface area contributed by atoms with Gasteiger partial charge in [-0.05, 0) is 11.8 Å². The lowest BCUT2D eigenvalue weighted by Crippen LogP contribution is -2.56. The molecule has 4 atom stereocenters. The van der Waals surface area contributed by atoms with E-state index in [4.69, 9.17) is 0 Å². The van der Waals surface area contributed by atoms with E-state index in [1.165, 1.54) is 14.2 Å². The van der Waals surface area contributed by atoms with Crippen LogP contribution < -0.4 is 0 Å². The first-order valence-electron chi connectivity index (χ1n) is 4.54. The average molecular weight is 196 g/mol. The zero-order valence-corrected chi connectivity index (χ0v) is 8.10. The number of hydrogen-bond donors (Lipinski definition) is 0. The Labute approximate surface area is 81.9 Å². The number of allylic oxidation sites excluding steroid dienone is 2. The van der Waals surface area contributed by atoms with Crippen molar-refractivity contribution in [3.05, 3.63) is 12.2 Å². The van der Waals surface area contributed by atoms with Crippen molar-refractivity contribution in [2.75, 3.05) is 14.2 Å². The Morgan fingerprint density at radius 1 is 0.929 bits per heavy atom. The quantitative estimate of drug-likeness (QED) is 0.473. The molecule has 0 aromatic rings. The third-order valence-corrected chi connectivity index (χ3v) is 3.16. The fourth-order valence-corrected chi connectivity index (χ4v) is 2.30. The Morgan fingerprint density at radius 2 is 1.29 bits per heavy atom. The van der Waals surface area contributed by atoms with Crippen LogP contribution in [0.1, 0.15) is 0 Å². The van der Waals surface area contributed by atoms with Crippen molar-refractivity contribution >= 4 is 11.9 Å². The fourth-order valence-electron chi connectivity index (χ4n) is 2.30. The molecule has 2 aliphatic rings. The fraction of sp³-hybridized carbons (Fsp3) is 0.600. The molecule has 0 N–H and O–H groups in total. The zero-order chi connectivity index (χ0) is 10.3. The third kappa shape index (κ3) is 0.997. The molecule has 4 nitrogen and oxygen atoms in total. The lowest BCUT2D eigenvalue weighted by atomic mass is 9.51. The van der Waals surface area contributed by atoms with Crippen molar-refractivity contribution in [1.29, 1.82) is 0 Å². The van der Waals surface area contributed by atoms with Crippen LogP contribution in [-0.2, 0) is 19.1 Å². The van der Waals surface area contributed by atoms with Gasteiger partial charge in [-0.1, -0.05) is 12.2 Å². The maximum atomic E-state index is 11.4. The van der Waals surface area contributed by atoms with E-state index >= 15 is 0 Å². The molecule has 1 fully saturated rings. The van der Waals surface area contributed by atoms with Gasteiger partial charge in [0.05, 0.1) is 26.1 Å². The van der Waals surface area contributed by atoms with E-state index in [0.717, 1.165) is 0 Å². The predicted octanol–water partition coefficient (Wildman–Crippen LogP) is 0.381. The molecule has 0 bridgehead atoms. The molecular weight excluding hydrogens is 184 g/mol. The molecule has 0 aromatic heterocycles. The first-order chi connectivity index (χ1) is 6.70. The Morgan fingerprint density at radius 3 is 1.50 bits per heavy atom. The molecule has 0 amide bonds. The minimum atomic E-state index is -0.331. The van der Waals surface area contributed by atoms with E-state index in [9.17, 15) is 9.59 Å². The molecular formula is C10H12O4. The van der Waals surface area contributed by atoms with Crippen LogP contribution in [0.25, 0.3) is 0 Å². The lowest BCUT2D eigenvalue weighted by Gasteiger charge is -2.51. The Balaban J connectivity index is 2.13. The summed E-state index contributed by atoms with van der Waals surface area (Å²) in [4.78, 5) is 22.7. The van der Waals surface area contributed by atoms with Gasteiger partial charge < -0.3 is 9.47 Å². The first-order valence-corrected chi connectivity index (χ1v) is 4.54. The summed E-state index contributed by atoms with van der Waals surface area (Å²) in [6.07, 6.45) is 3.90. The molecule has 0 heterocycles. The van der Waals surface area contributed by atoms with E-state index in [1.807, 2.05) is 12.2 Å². The molecule has 2 rings (SSSR count). The van der Waals surface area contributed by atoms with Gasteiger partial charge in [-0.2, -0.15) is 0 Å². The van der Waals surface area contributed by atoms with Crippen LogP contribution >= 0.6 is 0 Å². The standard InChI is InChI=1S/C10H12O4/c1-13-9(11)7-5-3-4-6(5)8(7)10(12)14-2/h3-8H,1-2H3. The number of esters is 2. The Kier molecular flexibility index (Phi) is 2.06. The van der Waals surface area contributed by atoms with E-state index in [1.54, 1.807) is 0 Å². The van der Waals surface area contributed by atoms with Crippen LogP contribution in [0.3, 0.4) is 0 Å². The molecule has 0 saturated heterocycles. The molecule has 0 aliphatic heterocycles. The smallest absolute Gasteiger partial charge is 0.310 e. The summed E-state index contributed by atoms with van der Waals surface area (Å²) < 4.78 is 9.30. The van der Waals surface area contributed by atoms with Crippen molar-refractivity contribution < 1.29 is 19.1 Å². The second-order valence-corrected chi connectivity index (χ2v) is 3.64. The van der Waals surface area contributed by atoms with E-state index in [-0.39, 0.29) is 35.6 Å². The monoisotopic (exact) mass is 196 g/mol. The summed E-state index contributed by atoms with van der Waals surface area (Å²) in [5, 5.41) is 0. The maximum absolute atomic E-state index is 11.4. The van der Waals surface area contributed by atoms with Crippen molar-refractivity contribution in [3.63, 3.8) is 0 Å². The van der Waals surface area contributed by atoms with Gasteiger partial charge in [0, 0.05) is 0 Å². The molecule has 76 valence electrons. The van der Waals surface area contributed by atoms with Gasteiger partial charge in [-0.25, -0.2) is 0 Å². The highest BCUT2D eigenvalue weighted by molar-refractivity contribution is 5.86. The van der Waals surface area contributed by atoms with E-state index in [2.05, 4.69) is 9.47 Å². The van der Waals surface area contributed by atoms with E-state index in [0.29, 0.717) is 0 Å². The van der Waals surface area contributed by atoms with Crippen LogP contribution in [0, 0.1) is 23.7 Å². The van der Waals surface area contributed by atoms with Gasteiger partial charge in [-0.3, -0.25) is 9.59 Å². The minimum absolute atomic E-state index is 0.187. The maximum Gasteiger partial charge on any atom is 0.310 e. The second-order valence-electron chi connectivity index (χ2n) is 3.64. The summed E-state index contributed by atoms with van der Waals surface area (Å²) in [6, 6.07) is 0. The van der Waals surface area contributed by atoms with Gasteiger partial charge in [0.1, 0.15) is 0 Å². The number of fused-ring (bicyclic) bond motifs is 1. The average Bonchev–Trinajstić information content (AvgIpc) is 2.18. The van der Waals surface area contributed by atoms with Gasteiger partial charge in [0.15, 0.2) is 0 Å². The van der Waals surface area contributed by atoms with Crippen LogP contribution in [0.2, 0.25) is 0 Å².